The molecule has 1 aromatic rings. The van der Waals surface area contributed by atoms with Crippen LogP contribution in [0.25, 0.3) is 5.57 Å². The minimum absolute atomic E-state index is 0.882. The predicted molar refractivity (Wildman–Crippen MR) is 95.7 cm³/mol. The lowest BCUT2D eigenvalue weighted by Crippen LogP contribution is -2.31. The smallest absolute Gasteiger partial charge is 0.0487 e. The van der Waals surface area contributed by atoms with E-state index < -0.39 is 0 Å². The van der Waals surface area contributed by atoms with Crippen molar-refractivity contribution in [3.05, 3.63) is 60.0 Å². The van der Waals surface area contributed by atoms with Gasteiger partial charge in [-0.05, 0) is 37.8 Å². The van der Waals surface area contributed by atoms with Gasteiger partial charge in [0.25, 0.3) is 0 Å². The average molecular weight is 294 g/mol. The molecule has 1 saturated carbocycles. The Kier molecular flexibility index (Phi) is 4.10. The van der Waals surface area contributed by atoms with Gasteiger partial charge in [0.15, 0.2) is 0 Å². The third kappa shape index (κ3) is 2.70. The van der Waals surface area contributed by atoms with Crippen LogP contribution >= 0.6 is 0 Å². The minimum Gasteiger partial charge on any atom is -0.385 e. The second kappa shape index (κ2) is 6.04. The van der Waals surface area contributed by atoms with E-state index in [1.165, 1.54) is 41.7 Å². The molecule has 2 heteroatoms. The molecule has 2 nitrogen and oxygen atoms in total. The highest BCUT2D eigenvalue weighted by atomic mass is 15.2. The van der Waals surface area contributed by atoms with E-state index in [4.69, 9.17) is 0 Å². The molecular formula is C20H26N2. The van der Waals surface area contributed by atoms with Crippen molar-refractivity contribution in [2.45, 2.75) is 33.1 Å². The van der Waals surface area contributed by atoms with Gasteiger partial charge in [0.05, 0.1) is 0 Å². The van der Waals surface area contributed by atoms with Gasteiger partial charge in [-0.3, -0.25) is 0 Å². The predicted octanol–water partition coefficient (Wildman–Crippen LogP) is 4.72. The third-order valence-electron chi connectivity index (χ3n) is 4.74. The summed E-state index contributed by atoms with van der Waals surface area (Å²) in [5, 5.41) is 3.36. The summed E-state index contributed by atoms with van der Waals surface area (Å²) >= 11 is 0. The number of nitrogens with zero attached hydrogens (tertiary/aromatic N) is 1. The van der Waals surface area contributed by atoms with E-state index in [-0.39, 0.29) is 0 Å². The molecule has 3 rings (SSSR count). The van der Waals surface area contributed by atoms with Crippen LogP contribution in [-0.2, 0) is 0 Å². The quantitative estimate of drug-likeness (QED) is 0.817. The number of hydrogen-bond donors (Lipinski definition) is 1. The van der Waals surface area contributed by atoms with E-state index >= 15 is 0 Å². The first-order chi connectivity index (χ1) is 10.6. The van der Waals surface area contributed by atoms with Crippen molar-refractivity contribution in [1.82, 2.24) is 5.32 Å². The Bertz CT molecular complexity index is 635. The zero-order valence-corrected chi connectivity index (χ0v) is 13.8. The Morgan fingerprint density at radius 1 is 1.32 bits per heavy atom. The van der Waals surface area contributed by atoms with E-state index in [0.29, 0.717) is 0 Å². The Balaban J connectivity index is 1.98. The number of benzene rings is 1. The van der Waals surface area contributed by atoms with Crippen LogP contribution in [0, 0.1) is 5.92 Å². The molecule has 1 heterocycles. The van der Waals surface area contributed by atoms with E-state index in [9.17, 15) is 0 Å². The number of fused-ring (bicyclic) bond motifs is 1. The molecule has 0 atom stereocenters. The Morgan fingerprint density at radius 3 is 2.73 bits per heavy atom. The Labute approximate surface area is 134 Å². The molecule has 0 bridgehead atoms. The topological polar surface area (TPSA) is 15.3 Å². The number of allylic oxidation sites excluding steroid dienone is 1. The summed E-state index contributed by atoms with van der Waals surface area (Å²) < 4.78 is 0. The summed E-state index contributed by atoms with van der Waals surface area (Å²) in [5.41, 5.74) is 7.11. The summed E-state index contributed by atoms with van der Waals surface area (Å²) in [6, 6.07) is 8.65. The molecular weight excluding hydrogens is 268 g/mol. The first kappa shape index (κ1) is 15.0. The van der Waals surface area contributed by atoms with Gasteiger partial charge in [0.1, 0.15) is 0 Å². The monoisotopic (exact) mass is 294 g/mol. The van der Waals surface area contributed by atoms with Gasteiger partial charge in [-0.15, -0.1) is 0 Å². The van der Waals surface area contributed by atoms with Crippen molar-refractivity contribution in [1.29, 1.82) is 0 Å². The lowest BCUT2D eigenvalue weighted by atomic mass is 9.90. The SMILES string of the molecule is C=C(NCC)C1=C(C)c2ccccc2N(CCC2CC2)C1=C. The molecule has 0 unspecified atom stereocenters. The van der Waals surface area contributed by atoms with Crippen LogP contribution in [-0.4, -0.2) is 13.1 Å². The molecule has 22 heavy (non-hydrogen) atoms. The summed E-state index contributed by atoms with van der Waals surface area (Å²) in [4.78, 5) is 2.39. The number of anilines is 1. The van der Waals surface area contributed by atoms with Gasteiger partial charge < -0.3 is 10.2 Å². The second-order valence-corrected chi connectivity index (χ2v) is 6.36. The lowest BCUT2D eigenvalue weighted by Gasteiger charge is -2.36. The molecule has 116 valence electrons. The largest absolute Gasteiger partial charge is 0.385 e. The normalized spacial score (nSPS) is 17.5. The van der Waals surface area contributed by atoms with Crippen LogP contribution in [0.2, 0.25) is 0 Å². The Morgan fingerprint density at radius 2 is 2.05 bits per heavy atom. The number of hydrogen-bond acceptors (Lipinski definition) is 2. The maximum absolute atomic E-state index is 4.40. The molecule has 1 aromatic carbocycles. The van der Waals surface area contributed by atoms with Gasteiger partial charge in [-0.25, -0.2) is 0 Å². The summed E-state index contributed by atoms with van der Waals surface area (Å²) in [6.45, 7) is 14.8. The van der Waals surface area contributed by atoms with Crippen LogP contribution in [0.5, 0.6) is 0 Å². The van der Waals surface area contributed by atoms with Crippen molar-refractivity contribution < 1.29 is 0 Å². The molecule has 2 aliphatic rings. The summed E-state index contributed by atoms with van der Waals surface area (Å²) in [7, 11) is 0. The zero-order valence-electron chi connectivity index (χ0n) is 13.8. The first-order valence-corrected chi connectivity index (χ1v) is 8.33. The second-order valence-electron chi connectivity index (χ2n) is 6.36. The maximum atomic E-state index is 4.40. The molecule has 0 spiro atoms. The van der Waals surface area contributed by atoms with Gasteiger partial charge in [0, 0.05) is 41.3 Å². The fraction of sp³-hybridized carbons (Fsp3) is 0.400. The molecule has 0 amide bonds. The average Bonchev–Trinajstić information content (AvgIpc) is 3.32. The molecule has 0 saturated heterocycles. The highest BCUT2D eigenvalue weighted by Gasteiger charge is 2.28. The van der Waals surface area contributed by atoms with Gasteiger partial charge in [0.2, 0.25) is 0 Å². The number of likely N-dealkylation sites (N-methyl/N-ethyl adjacent to an activating group) is 1. The van der Waals surface area contributed by atoms with Crippen LogP contribution in [0.15, 0.2) is 54.4 Å². The molecule has 1 N–H and O–H groups in total. The zero-order chi connectivity index (χ0) is 15.7. The maximum Gasteiger partial charge on any atom is 0.0487 e. The van der Waals surface area contributed by atoms with E-state index in [1.54, 1.807) is 0 Å². The molecule has 0 radical (unpaired) electrons. The number of nitrogens with one attached hydrogen (secondary N) is 1. The first-order valence-electron chi connectivity index (χ1n) is 8.33. The van der Waals surface area contributed by atoms with E-state index in [2.05, 4.69) is 61.5 Å². The number of para-hydroxylation sites is 1. The number of rotatable bonds is 6. The van der Waals surface area contributed by atoms with Crippen molar-refractivity contribution in [3.63, 3.8) is 0 Å². The summed E-state index contributed by atoms with van der Waals surface area (Å²) in [6.07, 6.45) is 4.05. The van der Waals surface area contributed by atoms with Crippen molar-refractivity contribution in [2.75, 3.05) is 18.0 Å². The molecule has 1 fully saturated rings. The van der Waals surface area contributed by atoms with Gasteiger partial charge >= 0.3 is 0 Å². The van der Waals surface area contributed by atoms with E-state index in [1.807, 2.05) is 0 Å². The molecule has 1 aliphatic carbocycles. The van der Waals surface area contributed by atoms with Crippen LogP contribution in [0.3, 0.4) is 0 Å². The van der Waals surface area contributed by atoms with Crippen LogP contribution in [0.4, 0.5) is 5.69 Å². The van der Waals surface area contributed by atoms with Crippen LogP contribution < -0.4 is 10.2 Å². The Hall–Kier alpha value is -1.96. The minimum atomic E-state index is 0.882. The van der Waals surface area contributed by atoms with Gasteiger partial charge in [-0.2, -0.15) is 0 Å². The molecule has 1 aliphatic heterocycles. The fourth-order valence-electron chi connectivity index (χ4n) is 3.33. The highest BCUT2D eigenvalue weighted by molar-refractivity contribution is 5.88. The summed E-state index contributed by atoms with van der Waals surface area (Å²) in [5.74, 6) is 0.924. The standard InChI is InChI=1S/C20H26N2/c1-5-21-15(3)20-14(2)18-8-6-7-9-19(18)22(16(20)4)13-12-17-10-11-17/h6-9,17,21H,3-5,10-13H2,1-2H3. The van der Waals surface area contributed by atoms with Crippen molar-refractivity contribution in [2.24, 2.45) is 5.92 Å². The highest BCUT2D eigenvalue weighted by Crippen LogP contribution is 2.42. The molecule has 0 aromatic heterocycles. The van der Waals surface area contributed by atoms with Gasteiger partial charge in [-0.1, -0.05) is 44.2 Å². The van der Waals surface area contributed by atoms with Crippen molar-refractivity contribution >= 4 is 11.3 Å². The third-order valence-corrected chi connectivity index (χ3v) is 4.74. The fourth-order valence-corrected chi connectivity index (χ4v) is 3.33. The van der Waals surface area contributed by atoms with E-state index in [0.717, 1.165) is 30.4 Å². The van der Waals surface area contributed by atoms with Crippen LogP contribution in [0.1, 0.15) is 38.7 Å². The van der Waals surface area contributed by atoms with Crippen molar-refractivity contribution in [3.8, 4) is 0 Å². The lowest BCUT2D eigenvalue weighted by molar-refractivity contribution is 0.710.